The van der Waals surface area contributed by atoms with E-state index in [0.29, 0.717) is 19.6 Å². The van der Waals surface area contributed by atoms with Gasteiger partial charge in [-0.1, -0.05) is 6.58 Å². The topological polar surface area (TPSA) is 64.6 Å². The maximum Gasteiger partial charge on any atom is 0.330 e. The first-order valence-corrected chi connectivity index (χ1v) is 4.92. The Morgan fingerprint density at radius 2 is 2.00 bits per heavy atom. The molecular formula is C11H21NO4. The molecule has 0 fully saturated rings. The second-order valence-corrected chi connectivity index (χ2v) is 3.80. The molecule has 0 aliphatic heterocycles. The molecule has 5 nitrogen and oxygen atoms in total. The lowest BCUT2D eigenvalue weighted by Gasteiger charge is -2.14. The quantitative estimate of drug-likeness (QED) is 0.329. The number of carbonyl (C=O) groups excluding carboxylic acids is 2. The van der Waals surface area contributed by atoms with Gasteiger partial charge in [-0.25, -0.2) is 4.79 Å². The Bertz CT molecular complexity index is 209. The van der Waals surface area contributed by atoms with Gasteiger partial charge in [0.05, 0.1) is 0 Å². The van der Waals surface area contributed by atoms with Crippen molar-refractivity contribution in [1.29, 1.82) is 0 Å². The molecule has 0 aliphatic carbocycles. The second kappa shape index (κ2) is 10.2. The highest BCUT2D eigenvalue weighted by Gasteiger charge is 2.07. The molecule has 94 valence electrons. The lowest BCUT2D eigenvalue weighted by atomic mass is 10.2. The third-order valence-corrected chi connectivity index (χ3v) is 1.16. The summed E-state index contributed by atoms with van der Waals surface area (Å²) in [5.74, 6) is -0.370. The molecule has 0 atom stereocenters. The normalized spacial score (nSPS) is 9.50. The Morgan fingerprint density at radius 1 is 1.44 bits per heavy atom. The van der Waals surface area contributed by atoms with Crippen LogP contribution in [0.4, 0.5) is 0 Å². The fourth-order valence-corrected chi connectivity index (χ4v) is 0.457. The zero-order valence-electron chi connectivity index (χ0n) is 10.4. The molecule has 0 aromatic carbocycles. The molecule has 0 aliphatic rings. The summed E-state index contributed by atoms with van der Waals surface area (Å²) in [5, 5.41) is 2.84. The second-order valence-electron chi connectivity index (χ2n) is 3.80. The third kappa shape index (κ3) is 18.4. The van der Waals surface area contributed by atoms with Gasteiger partial charge in [0.25, 0.3) is 6.47 Å². The summed E-state index contributed by atoms with van der Waals surface area (Å²) in [6.45, 7) is 10.2. The van der Waals surface area contributed by atoms with Crippen molar-refractivity contribution >= 4 is 12.4 Å². The van der Waals surface area contributed by atoms with Crippen LogP contribution in [-0.4, -0.2) is 38.2 Å². The Balaban J connectivity index is 0. The van der Waals surface area contributed by atoms with Gasteiger partial charge in [0.1, 0.15) is 12.2 Å². The minimum Gasteiger partial charge on any atom is -0.462 e. The Hall–Kier alpha value is -1.36. The van der Waals surface area contributed by atoms with Crippen LogP contribution in [-0.2, 0) is 19.1 Å². The summed E-state index contributed by atoms with van der Waals surface area (Å²) in [6, 6.07) is 0. The van der Waals surface area contributed by atoms with Crippen molar-refractivity contribution in [3.05, 3.63) is 12.7 Å². The highest BCUT2D eigenvalue weighted by atomic mass is 16.5. The summed E-state index contributed by atoms with van der Waals surface area (Å²) in [4.78, 5) is 19.9. The van der Waals surface area contributed by atoms with Gasteiger partial charge in [-0.15, -0.1) is 0 Å². The molecule has 0 saturated carbocycles. The van der Waals surface area contributed by atoms with Crippen LogP contribution in [0.2, 0.25) is 0 Å². The Labute approximate surface area is 96.8 Å². The number of carbonyl (C=O) groups is 2. The van der Waals surface area contributed by atoms with Gasteiger partial charge in [-0.3, -0.25) is 4.79 Å². The van der Waals surface area contributed by atoms with E-state index in [0.717, 1.165) is 6.08 Å². The molecule has 0 heterocycles. The first-order valence-electron chi connectivity index (χ1n) is 4.92. The summed E-state index contributed by atoms with van der Waals surface area (Å²) < 4.78 is 9.16. The summed E-state index contributed by atoms with van der Waals surface area (Å²) in [6.07, 6.45) is 1.15. The minimum absolute atomic E-state index is 0.318. The van der Waals surface area contributed by atoms with E-state index in [9.17, 15) is 9.59 Å². The number of ether oxygens (including phenoxy) is 2. The fraction of sp³-hybridized carbons (Fsp3) is 0.636. The van der Waals surface area contributed by atoms with E-state index in [1.54, 1.807) is 7.05 Å². The smallest absolute Gasteiger partial charge is 0.330 e. The van der Waals surface area contributed by atoms with Crippen LogP contribution in [0.5, 0.6) is 0 Å². The highest BCUT2D eigenvalue weighted by molar-refractivity contribution is 5.81. The lowest BCUT2D eigenvalue weighted by Crippen LogP contribution is -2.17. The molecule has 16 heavy (non-hydrogen) atoms. The van der Waals surface area contributed by atoms with Crippen molar-refractivity contribution in [2.24, 2.45) is 0 Å². The zero-order valence-corrected chi connectivity index (χ0v) is 10.4. The molecule has 0 aromatic rings. The van der Waals surface area contributed by atoms with Gasteiger partial charge in [0.2, 0.25) is 0 Å². The van der Waals surface area contributed by atoms with Gasteiger partial charge in [0, 0.05) is 12.6 Å². The van der Waals surface area contributed by atoms with Crippen LogP contribution in [0.3, 0.4) is 0 Å². The van der Waals surface area contributed by atoms with E-state index >= 15 is 0 Å². The van der Waals surface area contributed by atoms with E-state index < -0.39 is 0 Å². The predicted octanol–water partition coefficient (Wildman–Crippen LogP) is 0.893. The molecule has 0 spiro atoms. The summed E-state index contributed by atoms with van der Waals surface area (Å²) in [7, 11) is 1.79. The molecular weight excluding hydrogens is 210 g/mol. The van der Waals surface area contributed by atoms with E-state index in [-0.39, 0.29) is 11.6 Å². The van der Waals surface area contributed by atoms with E-state index in [1.807, 2.05) is 20.8 Å². The Kier molecular flexibility index (Phi) is 10.8. The maximum atomic E-state index is 10.3. The number of likely N-dealkylation sites (N-methyl/N-ethyl adjacent to an activating group) is 1. The van der Waals surface area contributed by atoms with Gasteiger partial charge in [-0.2, -0.15) is 0 Å². The predicted molar refractivity (Wildman–Crippen MR) is 62.0 cm³/mol. The number of nitrogens with one attached hydrogen (secondary N) is 1. The van der Waals surface area contributed by atoms with Crippen molar-refractivity contribution in [2.45, 2.75) is 26.4 Å². The Morgan fingerprint density at radius 3 is 2.25 bits per heavy atom. The van der Waals surface area contributed by atoms with Gasteiger partial charge in [-0.05, 0) is 27.8 Å². The van der Waals surface area contributed by atoms with Crippen LogP contribution in [0.25, 0.3) is 0 Å². The van der Waals surface area contributed by atoms with Crippen molar-refractivity contribution in [2.75, 3.05) is 20.2 Å². The number of hydrogen-bond donors (Lipinski definition) is 1. The SMILES string of the molecule is C=CC(=O)OCCNC.CC(C)(C)OC=O. The molecule has 5 heteroatoms. The number of esters is 1. The molecule has 0 radical (unpaired) electrons. The van der Waals surface area contributed by atoms with Gasteiger partial charge >= 0.3 is 5.97 Å². The summed E-state index contributed by atoms with van der Waals surface area (Å²) >= 11 is 0. The van der Waals surface area contributed by atoms with Crippen LogP contribution in [0, 0.1) is 0 Å². The lowest BCUT2D eigenvalue weighted by molar-refractivity contribution is -0.139. The van der Waals surface area contributed by atoms with Crippen LogP contribution in [0.15, 0.2) is 12.7 Å². The van der Waals surface area contributed by atoms with Crippen molar-refractivity contribution in [1.82, 2.24) is 5.32 Å². The first kappa shape index (κ1) is 17.0. The molecule has 1 N–H and O–H groups in total. The van der Waals surface area contributed by atoms with Crippen LogP contribution >= 0.6 is 0 Å². The summed E-state index contributed by atoms with van der Waals surface area (Å²) in [5.41, 5.74) is -0.318. The third-order valence-electron chi connectivity index (χ3n) is 1.16. The van der Waals surface area contributed by atoms with E-state index in [4.69, 9.17) is 0 Å². The molecule has 0 bridgehead atoms. The minimum atomic E-state index is -0.370. The number of hydrogen-bond acceptors (Lipinski definition) is 5. The first-order chi connectivity index (χ1) is 7.37. The zero-order chi connectivity index (χ0) is 13.0. The van der Waals surface area contributed by atoms with Gasteiger partial charge < -0.3 is 14.8 Å². The van der Waals surface area contributed by atoms with E-state index in [1.165, 1.54) is 0 Å². The molecule has 0 saturated heterocycles. The molecule has 0 aromatic heterocycles. The van der Waals surface area contributed by atoms with Crippen LogP contribution in [0.1, 0.15) is 20.8 Å². The van der Waals surface area contributed by atoms with Gasteiger partial charge in [0.15, 0.2) is 0 Å². The molecule has 0 amide bonds. The maximum absolute atomic E-state index is 10.3. The van der Waals surface area contributed by atoms with Crippen molar-refractivity contribution < 1.29 is 19.1 Å². The average molecular weight is 231 g/mol. The highest BCUT2D eigenvalue weighted by Crippen LogP contribution is 2.02. The standard InChI is InChI=1S/C6H11NO2.C5H10O2/c1-3-6(8)9-5-4-7-2;1-5(2,3)7-4-6/h3,7H,1,4-5H2,2H3;4H,1-3H3. The molecule has 0 unspecified atom stereocenters. The largest absolute Gasteiger partial charge is 0.462 e. The van der Waals surface area contributed by atoms with Crippen LogP contribution < -0.4 is 5.32 Å². The van der Waals surface area contributed by atoms with Crippen molar-refractivity contribution in [3.63, 3.8) is 0 Å². The fourth-order valence-electron chi connectivity index (χ4n) is 0.457. The monoisotopic (exact) mass is 231 g/mol. The van der Waals surface area contributed by atoms with E-state index in [2.05, 4.69) is 21.4 Å². The molecule has 0 rings (SSSR count). The van der Waals surface area contributed by atoms with Crippen molar-refractivity contribution in [3.8, 4) is 0 Å². The average Bonchev–Trinajstić information content (AvgIpc) is 2.17. The number of rotatable bonds is 5.